The molecular formula is C12H15Br2NO4S. The molecule has 0 saturated carbocycles. The topological polar surface area (TPSA) is 78.6 Å². The number of hydrogen-bond donors (Lipinski definition) is 1. The molecule has 0 atom stereocenters. The molecule has 1 aliphatic heterocycles. The van der Waals surface area contributed by atoms with Gasteiger partial charge >= 0.3 is 0 Å². The number of rotatable bonds is 4. The van der Waals surface area contributed by atoms with E-state index in [4.69, 9.17) is 14.6 Å². The Labute approximate surface area is 135 Å². The van der Waals surface area contributed by atoms with E-state index < -0.39 is 10.0 Å². The van der Waals surface area contributed by atoms with Gasteiger partial charge in [-0.3, -0.25) is 0 Å². The number of nitrogens with two attached hydrogens (primary N) is 1. The molecule has 112 valence electrons. The Hall–Kier alpha value is -0.150. The summed E-state index contributed by atoms with van der Waals surface area (Å²) < 4.78 is 34.9. The van der Waals surface area contributed by atoms with Gasteiger partial charge in [-0.05, 0) is 62.8 Å². The van der Waals surface area contributed by atoms with Gasteiger partial charge in [-0.25, -0.2) is 13.6 Å². The lowest BCUT2D eigenvalue weighted by Crippen LogP contribution is -2.21. The number of sulfonamides is 1. The number of benzene rings is 1. The summed E-state index contributed by atoms with van der Waals surface area (Å²) in [6.45, 7) is 2.11. The van der Waals surface area contributed by atoms with Gasteiger partial charge in [-0.15, -0.1) is 0 Å². The van der Waals surface area contributed by atoms with Gasteiger partial charge in [0.1, 0.15) is 5.75 Å². The average Bonchev–Trinajstić information content (AvgIpc) is 2.37. The zero-order valence-electron chi connectivity index (χ0n) is 10.6. The summed E-state index contributed by atoms with van der Waals surface area (Å²) in [6.07, 6.45) is 1.95. The monoisotopic (exact) mass is 427 g/mol. The fourth-order valence-electron chi connectivity index (χ4n) is 1.95. The van der Waals surface area contributed by atoms with E-state index >= 15 is 0 Å². The SMILES string of the molecule is NS(=O)(=O)c1cc(Br)c(OCC2CCOCC2)c(Br)c1. The number of primary sulfonamides is 1. The van der Waals surface area contributed by atoms with Crippen LogP contribution < -0.4 is 9.88 Å². The third kappa shape index (κ3) is 4.17. The lowest BCUT2D eigenvalue weighted by Gasteiger charge is -2.22. The van der Waals surface area contributed by atoms with Crippen molar-refractivity contribution in [2.24, 2.45) is 11.1 Å². The van der Waals surface area contributed by atoms with Gasteiger partial charge in [0.15, 0.2) is 0 Å². The molecule has 20 heavy (non-hydrogen) atoms. The first-order valence-corrected chi connectivity index (χ1v) is 9.23. The van der Waals surface area contributed by atoms with E-state index in [-0.39, 0.29) is 4.90 Å². The van der Waals surface area contributed by atoms with Crippen molar-refractivity contribution < 1.29 is 17.9 Å². The fraction of sp³-hybridized carbons (Fsp3) is 0.500. The zero-order valence-corrected chi connectivity index (χ0v) is 14.6. The molecule has 0 spiro atoms. The van der Waals surface area contributed by atoms with Crippen molar-refractivity contribution in [3.8, 4) is 5.75 Å². The first-order valence-electron chi connectivity index (χ1n) is 6.10. The number of hydrogen-bond acceptors (Lipinski definition) is 4. The van der Waals surface area contributed by atoms with E-state index in [1.807, 2.05) is 0 Å². The molecule has 0 amide bonds. The van der Waals surface area contributed by atoms with Crippen LogP contribution in [0.15, 0.2) is 26.0 Å². The van der Waals surface area contributed by atoms with Crippen LogP contribution in [0, 0.1) is 5.92 Å². The quantitative estimate of drug-likeness (QED) is 0.799. The fourth-order valence-corrected chi connectivity index (χ4v) is 4.24. The lowest BCUT2D eigenvalue weighted by atomic mass is 10.0. The van der Waals surface area contributed by atoms with Crippen molar-refractivity contribution >= 4 is 41.9 Å². The van der Waals surface area contributed by atoms with Crippen LogP contribution in [0.1, 0.15) is 12.8 Å². The van der Waals surface area contributed by atoms with Gasteiger partial charge in [0.05, 0.1) is 20.4 Å². The number of ether oxygens (including phenoxy) is 2. The highest BCUT2D eigenvalue weighted by Crippen LogP contribution is 2.36. The van der Waals surface area contributed by atoms with E-state index in [0.29, 0.717) is 27.2 Å². The Morgan fingerprint density at radius 1 is 1.25 bits per heavy atom. The predicted octanol–water partition coefficient (Wildman–Crippen LogP) is 2.66. The molecule has 1 aromatic rings. The normalized spacial score (nSPS) is 17.1. The molecule has 0 radical (unpaired) electrons. The zero-order chi connectivity index (χ0) is 14.8. The van der Waals surface area contributed by atoms with E-state index in [1.165, 1.54) is 12.1 Å². The molecule has 0 aliphatic carbocycles. The highest BCUT2D eigenvalue weighted by atomic mass is 79.9. The van der Waals surface area contributed by atoms with Crippen LogP contribution in [-0.2, 0) is 14.8 Å². The van der Waals surface area contributed by atoms with Crippen molar-refractivity contribution in [2.75, 3.05) is 19.8 Å². The maximum absolute atomic E-state index is 11.3. The molecular weight excluding hydrogens is 414 g/mol. The van der Waals surface area contributed by atoms with Crippen LogP contribution in [0.25, 0.3) is 0 Å². The summed E-state index contributed by atoms with van der Waals surface area (Å²) >= 11 is 6.63. The maximum atomic E-state index is 11.3. The maximum Gasteiger partial charge on any atom is 0.238 e. The van der Waals surface area contributed by atoms with Gasteiger partial charge in [0, 0.05) is 13.2 Å². The standard InChI is InChI=1S/C12H15Br2NO4S/c13-10-5-9(20(15,16)17)6-11(14)12(10)19-7-8-1-3-18-4-2-8/h5-6,8H,1-4,7H2,(H2,15,16,17). The second-order valence-corrected chi connectivity index (χ2v) is 7.90. The third-order valence-electron chi connectivity index (χ3n) is 3.10. The average molecular weight is 429 g/mol. The van der Waals surface area contributed by atoms with E-state index in [9.17, 15) is 8.42 Å². The van der Waals surface area contributed by atoms with Crippen molar-refractivity contribution in [1.82, 2.24) is 0 Å². The summed E-state index contributed by atoms with van der Waals surface area (Å²) in [5.74, 6) is 1.05. The van der Waals surface area contributed by atoms with Crippen LogP contribution in [0.3, 0.4) is 0 Å². The Bertz CT molecular complexity index is 562. The smallest absolute Gasteiger partial charge is 0.238 e. The molecule has 2 N–H and O–H groups in total. The van der Waals surface area contributed by atoms with Crippen molar-refractivity contribution in [3.05, 3.63) is 21.1 Å². The second kappa shape index (κ2) is 6.74. The van der Waals surface area contributed by atoms with Gasteiger partial charge in [-0.1, -0.05) is 0 Å². The highest BCUT2D eigenvalue weighted by molar-refractivity contribution is 9.11. The van der Waals surface area contributed by atoms with Gasteiger partial charge in [0.2, 0.25) is 10.0 Å². The largest absolute Gasteiger partial charge is 0.491 e. The van der Waals surface area contributed by atoms with E-state index in [2.05, 4.69) is 31.9 Å². The predicted molar refractivity (Wildman–Crippen MR) is 82.3 cm³/mol. The van der Waals surface area contributed by atoms with Gasteiger partial charge in [-0.2, -0.15) is 0 Å². The molecule has 1 fully saturated rings. The molecule has 5 nitrogen and oxygen atoms in total. The third-order valence-corrected chi connectivity index (χ3v) is 5.18. The molecule has 2 rings (SSSR count). The van der Waals surface area contributed by atoms with E-state index in [0.717, 1.165) is 26.1 Å². The summed E-state index contributed by atoms with van der Waals surface area (Å²) in [6, 6.07) is 2.89. The van der Waals surface area contributed by atoms with Crippen molar-refractivity contribution in [1.29, 1.82) is 0 Å². The lowest BCUT2D eigenvalue weighted by molar-refractivity contribution is 0.0495. The molecule has 8 heteroatoms. The van der Waals surface area contributed by atoms with E-state index in [1.54, 1.807) is 0 Å². The first-order chi connectivity index (χ1) is 9.38. The Balaban J connectivity index is 2.12. The number of halogens is 2. The molecule has 0 bridgehead atoms. The van der Waals surface area contributed by atoms with Gasteiger partial charge < -0.3 is 9.47 Å². The molecule has 0 unspecified atom stereocenters. The minimum absolute atomic E-state index is 0.0367. The van der Waals surface area contributed by atoms with Crippen molar-refractivity contribution in [2.45, 2.75) is 17.7 Å². The molecule has 1 heterocycles. The van der Waals surface area contributed by atoms with Crippen molar-refractivity contribution in [3.63, 3.8) is 0 Å². The Morgan fingerprint density at radius 3 is 2.30 bits per heavy atom. The highest BCUT2D eigenvalue weighted by Gasteiger charge is 2.18. The van der Waals surface area contributed by atoms with Crippen LogP contribution in [0.5, 0.6) is 5.75 Å². The summed E-state index contributed by atoms with van der Waals surface area (Å²) in [5, 5.41) is 5.11. The van der Waals surface area contributed by atoms with Crippen LogP contribution in [-0.4, -0.2) is 28.2 Å². The first kappa shape index (κ1) is 16.2. The van der Waals surface area contributed by atoms with Crippen LogP contribution in [0.4, 0.5) is 0 Å². The van der Waals surface area contributed by atoms with Crippen LogP contribution in [0.2, 0.25) is 0 Å². The minimum atomic E-state index is -3.73. The van der Waals surface area contributed by atoms with Crippen LogP contribution >= 0.6 is 31.9 Å². The molecule has 1 aromatic carbocycles. The minimum Gasteiger partial charge on any atom is -0.491 e. The summed E-state index contributed by atoms with van der Waals surface area (Å²) in [7, 11) is -3.73. The second-order valence-electron chi connectivity index (χ2n) is 4.63. The molecule has 1 aliphatic rings. The Kier molecular flexibility index (Phi) is 5.47. The summed E-state index contributed by atoms with van der Waals surface area (Å²) in [5.41, 5.74) is 0. The Morgan fingerprint density at radius 2 is 1.80 bits per heavy atom. The van der Waals surface area contributed by atoms with Gasteiger partial charge in [0.25, 0.3) is 0 Å². The molecule has 1 saturated heterocycles. The summed E-state index contributed by atoms with van der Waals surface area (Å²) in [4.78, 5) is 0.0367. The molecule has 0 aromatic heterocycles.